The van der Waals surface area contributed by atoms with Gasteiger partial charge in [0.05, 0.1) is 22.9 Å². The maximum absolute atomic E-state index is 12.6. The van der Waals surface area contributed by atoms with E-state index in [9.17, 15) is 9.00 Å². The summed E-state index contributed by atoms with van der Waals surface area (Å²) in [4.78, 5) is 12.6. The lowest BCUT2D eigenvalue weighted by Crippen LogP contribution is -2.24. The maximum atomic E-state index is 12.6. The molecule has 3 rings (SSSR count). The predicted molar refractivity (Wildman–Crippen MR) is 96.6 cm³/mol. The number of fused-ring (bicyclic) bond motifs is 1. The van der Waals surface area contributed by atoms with Crippen molar-refractivity contribution < 1.29 is 9.00 Å². The summed E-state index contributed by atoms with van der Waals surface area (Å²) in [6.07, 6.45) is 1.60. The minimum atomic E-state index is -0.925. The van der Waals surface area contributed by atoms with Crippen LogP contribution in [0, 0.1) is 12.8 Å². The average molecular weight is 345 g/mol. The van der Waals surface area contributed by atoms with E-state index in [1.807, 2.05) is 45.0 Å². The number of rotatable bonds is 5. The largest absolute Gasteiger partial charge is 0.310 e. The molecule has 1 aromatic carbocycles. The Morgan fingerprint density at radius 1 is 1.29 bits per heavy atom. The lowest BCUT2D eigenvalue weighted by atomic mass is 10.0. The molecule has 0 aliphatic carbocycles. The van der Waals surface area contributed by atoms with Crippen LogP contribution in [-0.4, -0.2) is 19.9 Å². The summed E-state index contributed by atoms with van der Waals surface area (Å²) < 4.78 is 13.7. The molecule has 0 spiro atoms. The minimum Gasteiger partial charge on any atom is -0.310 e. The Balaban J connectivity index is 2.05. The van der Waals surface area contributed by atoms with Crippen molar-refractivity contribution in [2.45, 2.75) is 45.1 Å². The number of hydrogen-bond acceptors (Lipinski definition) is 3. The van der Waals surface area contributed by atoms with Crippen molar-refractivity contribution in [3.63, 3.8) is 0 Å². The van der Waals surface area contributed by atoms with E-state index in [1.54, 1.807) is 4.68 Å². The molecule has 2 aromatic rings. The van der Waals surface area contributed by atoms with Gasteiger partial charge in [-0.1, -0.05) is 32.0 Å². The van der Waals surface area contributed by atoms with Gasteiger partial charge >= 0.3 is 0 Å². The fourth-order valence-corrected chi connectivity index (χ4v) is 4.37. The molecule has 1 atom stereocenters. The highest BCUT2D eigenvalue weighted by Gasteiger charge is 2.29. The van der Waals surface area contributed by atoms with E-state index >= 15 is 0 Å². The molecule has 0 saturated heterocycles. The van der Waals surface area contributed by atoms with Gasteiger partial charge in [-0.2, -0.15) is 5.10 Å². The molecule has 1 aliphatic rings. The molecule has 5 nitrogen and oxygen atoms in total. The third-order valence-corrected chi connectivity index (χ3v) is 5.82. The summed E-state index contributed by atoms with van der Waals surface area (Å²) in [5.41, 5.74) is 3.77. The monoisotopic (exact) mass is 345 g/mol. The van der Waals surface area contributed by atoms with Crippen LogP contribution in [0.15, 0.2) is 24.3 Å². The van der Waals surface area contributed by atoms with Crippen molar-refractivity contribution in [2.24, 2.45) is 5.92 Å². The van der Waals surface area contributed by atoms with E-state index in [4.69, 9.17) is 0 Å². The van der Waals surface area contributed by atoms with Gasteiger partial charge in [0, 0.05) is 22.3 Å². The number of carbonyl (C=O) groups is 1. The first-order valence-electron chi connectivity index (χ1n) is 8.37. The van der Waals surface area contributed by atoms with E-state index in [0.717, 1.165) is 35.3 Å². The molecule has 6 heteroatoms. The van der Waals surface area contributed by atoms with E-state index in [2.05, 4.69) is 10.4 Å². The number of amides is 1. The van der Waals surface area contributed by atoms with Crippen LogP contribution in [-0.2, 0) is 27.1 Å². The Bertz CT molecular complexity index is 794. The van der Waals surface area contributed by atoms with Gasteiger partial charge in [-0.25, -0.2) is 4.68 Å². The van der Waals surface area contributed by atoms with Crippen LogP contribution >= 0.6 is 0 Å². The third kappa shape index (κ3) is 3.02. The standard InChI is InChI=1S/C18H23N3O2S/c1-4-13(5-2)18(22)19-17-14-10-24(23)11-15(14)20-21(17)16-9-7-6-8-12(16)3/h6-9,13H,4-5,10-11H2,1-3H3,(H,19,22)/t24-/m0/s1. The van der Waals surface area contributed by atoms with Crippen LogP contribution in [0.1, 0.15) is 43.5 Å². The molecule has 24 heavy (non-hydrogen) atoms. The molecule has 0 saturated carbocycles. The van der Waals surface area contributed by atoms with Gasteiger partial charge in [0.1, 0.15) is 5.82 Å². The number of nitrogens with one attached hydrogen (secondary N) is 1. The van der Waals surface area contributed by atoms with Gasteiger partial charge in [-0.05, 0) is 31.4 Å². The summed E-state index contributed by atoms with van der Waals surface area (Å²) in [5, 5.41) is 7.71. The van der Waals surface area contributed by atoms with Gasteiger partial charge in [0.15, 0.2) is 0 Å². The van der Waals surface area contributed by atoms with Gasteiger partial charge < -0.3 is 5.32 Å². The molecule has 128 valence electrons. The maximum Gasteiger partial charge on any atom is 0.228 e. The molecule has 1 amide bonds. The first-order valence-corrected chi connectivity index (χ1v) is 9.86. The van der Waals surface area contributed by atoms with Crippen LogP contribution in [0.5, 0.6) is 0 Å². The zero-order valence-corrected chi connectivity index (χ0v) is 15.2. The van der Waals surface area contributed by atoms with Crippen LogP contribution in [0.4, 0.5) is 5.82 Å². The van der Waals surface area contributed by atoms with E-state index < -0.39 is 10.8 Å². The zero-order valence-electron chi connectivity index (χ0n) is 14.3. The predicted octanol–water partition coefficient (Wildman–Crippen LogP) is 3.32. The normalized spacial score (nSPS) is 16.4. The van der Waals surface area contributed by atoms with Crippen LogP contribution < -0.4 is 5.32 Å². The Morgan fingerprint density at radius 3 is 2.67 bits per heavy atom. The number of benzene rings is 1. The van der Waals surface area contributed by atoms with Crippen LogP contribution in [0.3, 0.4) is 0 Å². The Hall–Kier alpha value is -1.95. The summed E-state index contributed by atoms with van der Waals surface area (Å²) in [7, 11) is -0.925. The van der Waals surface area contributed by atoms with E-state index in [-0.39, 0.29) is 11.8 Å². The molecule has 0 radical (unpaired) electrons. The van der Waals surface area contributed by atoms with Crippen molar-refractivity contribution in [2.75, 3.05) is 5.32 Å². The van der Waals surface area contributed by atoms with Crippen molar-refractivity contribution in [3.8, 4) is 5.69 Å². The number of aryl methyl sites for hydroxylation is 1. The summed E-state index contributed by atoms with van der Waals surface area (Å²) >= 11 is 0. The van der Waals surface area contributed by atoms with Gasteiger partial charge in [0.25, 0.3) is 0 Å². The van der Waals surface area contributed by atoms with E-state index in [1.165, 1.54) is 0 Å². The number of carbonyl (C=O) groups excluding carboxylic acids is 1. The molecule has 1 aliphatic heterocycles. The first kappa shape index (κ1) is 16.9. The smallest absolute Gasteiger partial charge is 0.228 e. The van der Waals surface area contributed by atoms with Crippen LogP contribution in [0.2, 0.25) is 0 Å². The Kier molecular flexibility index (Phi) is 4.85. The minimum absolute atomic E-state index is 0.00946. The zero-order chi connectivity index (χ0) is 17.3. The fraction of sp³-hybridized carbons (Fsp3) is 0.444. The van der Waals surface area contributed by atoms with Crippen molar-refractivity contribution >= 4 is 22.5 Å². The highest BCUT2D eigenvalue weighted by molar-refractivity contribution is 7.83. The van der Waals surface area contributed by atoms with Crippen molar-refractivity contribution in [1.82, 2.24) is 9.78 Å². The van der Waals surface area contributed by atoms with Gasteiger partial charge in [-0.3, -0.25) is 9.00 Å². The molecule has 0 fully saturated rings. The second kappa shape index (κ2) is 6.89. The quantitative estimate of drug-likeness (QED) is 0.904. The molecule has 0 unspecified atom stereocenters. The van der Waals surface area contributed by atoms with Crippen LogP contribution in [0.25, 0.3) is 5.69 Å². The molecular weight excluding hydrogens is 322 g/mol. The summed E-state index contributed by atoms with van der Waals surface area (Å²) in [6.45, 7) is 6.06. The van der Waals surface area contributed by atoms with Gasteiger partial charge in [-0.15, -0.1) is 0 Å². The second-order valence-electron chi connectivity index (χ2n) is 6.20. The molecule has 1 N–H and O–H groups in total. The highest BCUT2D eigenvalue weighted by atomic mass is 32.2. The van der Waals surface area contributed by atoms with E-state index in [0.29, 0.717) is 17.3 Å². The van der Waals surface area contributed by atoms with Gasteiger partial charge in [0.2, 0.25) is 5.91 Å². The highest BCUT2D eigenvalue weighted by Crippen LogP contribution is 2.32. The number of anilines is 1. The molecular formula is C18H23N3O2S. The number of aromatic nitrogens is 2. The average Bonchev–Trinajstić information content (AvgIpc) is 3.06. The lowest BCUT2D eigenvalue weighted by molar-refractivity contribution is -0.120. The first-order chi connectivity index (χ1) is 11.5. The molecule has 2 heterocycles. The second-order valence-corrected chi connectivity index (χ2v) is 7.66. The number of para-hydroxylation sites is 1. The number of nitrogens with zero attached hydrogens (tertiary/aromatic N) is 2. The SMILES string of the molecule is CCC(CC)C(=O)Nc1c2c(nn1-c1ccccc1C)C[S@@](=O)C2. The van der Waals surface area contributed by atoms with Crippen molar-refractivity contribution in [3.05, 3.63) is 41.1 Å². The number of hydrogen-bond donors (Lipinski definition) is 1. The third-order valence-electron chi connectivity index (χ3n) is 4.61. The molecule has 1 aromatic heterocycles. The Labute approximate surface area is 144 Å². The summed E-state index contributed by atoms with van der Waals surface area (Å²) in [5.74, 6) is 1.59. The lowest BCUT2D eigenvalue weighted by Gasteiger charge is -2.16. The van der Waals surface area contributed by atoms with Crippen molar-refractivity contribution in [1.29, 1.82) is 0 Å². The topological polar surface area (TPSA) is 64.0 Å². The Morgan fingerprint density at radius 2 is 2.00 bits per heavy atom. The summed E-state index contributed by atoms with van der Waals surface area (Å²) in [6, 6.07) is 7.95. The fourth-order valence-electron chi connectivity index (χ4n) is 3.11. The molecule has 0 bridgehead atoms.